The summed E-state index contributed by atoms with van der Waals surface area (Å²) in [7, 11) is 0. The topological polar surface area (TPSA) is 50.9 Å². The molecule has 1 heterocycles. The summed E-state index contributed by atoms with van der Waals surface area (Å²) in [5.74, 6) is 4.48. The minimum absolute atomic E-state index is 0. The van der Waals surface area contributed by atoms with E-state index in [-0.39, 0.29) is 12.4 Å². The number of nitrogens with one attached hydrogen (secondary N) is 1. The minimum atomic E-state index is -0.506. The Morgan fingerprint density at radius 3 is 2.60 bits per heavy atom. The van der Waals surface area contributed by atoms with Crippen molar-refractivity contribution in [2.75, 3.05) is 5.43 Å². The molecule has 3 nitrogen and oxygen atoms in total. The van der Waals surface area contributed by atoms with Crippen molar-refractivity contribution in [1.29, 1.82) is 0 Å². The van der Waals surface area contributed by atoms with E-state index in [1.807, 2.05) is 0 Å². The zero-order valence-electron chi connectivity index (χ0n) is 5.04. The molecule has 0 aromatic carbocycles. The Bertz CT molecular complexity index is 189. The fraction of sp³-hybridized carbons (Fsp3) is 0. The molecular weight excluding hydrogens is 157 g/mol. The molecule has 1 aromatic heterocycles. The van der Waals surface area contributed by atoms with E-state index >= 15 is 0 Å². The van der Waals surface area contributed by atoms with Gasteiger partial charge >= 0.3 is 0 Å². The molecule has 0 saturated carbocycles. The van der Waals surface area contributed by atoms with Gasteiger partial charge in [-0.15, -0.1) is 12.4 Å². The Balaban J connectivity index is 0.000000810. The van der Waals surface area contributed by atoms with Gasteiger partial charge < -0.3 is 5.43 Å². The highest BCUT2D eigenvalue weighted by atomic mass is 35.5. The van der Waals surface area contributed by atoms with Gasteiger partial charge in [-0.05, 0) is 12.1 Å². The summed E-state index contributed by atoms with van der Waals surface area (Å²) < 4.78 is 12.0. The zero-order valence-corrected chi connectivity index (χ0v) is 5.86. The van der Waals surface area contributed by atoms with Gasteiger partial charge in [0, 0.05) is 0 Å². The van der Waals surface area contributed by atoms with Gasteiger partial charge in [0.15, 0.2) is 0 Å². The number of pyridine rings is 1. The molecule has 0 bridgehead atoms. The summed E-state index contributed by atoms with van der Waals surface area (Å²) in [6.45, 7) is 0. The predicted octanol–water partition coefficient (Wildman–Crippen LogP) is 0.928. The number of nitrogen functional groups attached to an aromatic ring is 1. The van der Waals surface area contributed by atoms with Crippen molar-refractivity contribution in [3.8, 4) is 0 Å². The number of hydrazine groups is 1. The number of halogens is 2. The van der Waals surface area contributed by atoms with Crippen LogP contribution in [0.5, 0.6) is 0 Å². The first-order valence-corrected chi connectivity index (χ1v) is 2.41. The molecule has 10 heavy (non-hydrogen) atoms. The van der Waals surface area contributed by atoms with Crippen LogP contribution in [0.2, 0.25) is 0 Å². The average Bonchev–Trinajstić information content (AvgIpc) is 1.90. The number of anilines is 1. The first-order chi connectivity index (χ1) is 4.33. The fourth-order valence-corrected chi connectivity index (χ4v) is 0.461. The molecule has 0 amide bonds. The highest BCUT2D eigenvalue weighted by Gasteiger charge is 1.88. The van der Waals surface area contributed by atoms with Gasteiger partial charge in [0.1, 0.15) is 0 Å². The Kier molecular flexibility index (Phi) is 3.68. The van der Waals surface area contributed by atoms with Crippen LogP contribution in [0.25, 0.3) is 0 Å². The second kappa shape index (κ2) is 4.03. The summed E-state index contributed by atoms with van der Waals surface area (Å²) in [6, 6.07) is 2.73. The Hall–Kier alpha value is -0.870. The monoisotopic (exact) mass is 163 g/mol. The standard InChI is InChI=1S/C5H6FN3.ClH/c6-5-2-1-4(9-7)3-8-5;/h1-3,9H,7H2;1H. The van der Waals surface area contributed by atoms with Crippen molar-refractivity contribution in [3.63, 3.8) is 0 Å². The highest BCUT2D eigenvalue weighted by molar-refractivity contribution is 5.85. The molecule has 1 aromatic rings. The third-order valence-electron chi connectivity index (χ3n) is 0.894. The number of hydrogen-bond acceptors (Lipinski definition) is 3. The van der Waals surface area contributed by atoms with Crippen LogP contribution in [0.1, 0.15) is 0 Å². The molecule has 56 valence electrons. The smallest absolute Gasteiger partial charge is 0.212 e. The SMILES string of the molecule is Cl.NNc1ccc(F)nc1. The lowest BCUT2D eigenvalue weighted by atomic mass is 10.4. The third-order valence-corrected chi connectivity index (χ3v) is 0.894. The number of aromatic nitrogens is 1. The van der Waals surface area contributed by atoms with Crippen LogP contribution in [-0.4, -0.2) is 4.98 Å². The van der Waals surface area contributed by atoms with Crippen LogP contribution in [0.3, 0.4) is 0 Å². The van der Waals surface area contributed by atoms with Gasteiger partial charge in [-0.25, -0.2) is 4.98 Å². The van der Waals surface area contributed by atoms with Gasteiger partial charge in [0.05, 0.1) is 11.9 Å². The largest absolute Gasteiger partial charge is 0.323 e. The van der Waals surface area contributed by atoms with E-state index < -0.39 is 5.95 Å². The number of nitrogens with zero attached hydrogens (tertiary/aromatic N) is 1. The van der Waals surface area contributed by atoms with Gasteiger partial charge in [-0.3, -0.25) is 5.84 Å². The lowest BCUT2D eigenvalue weighted by Gasteiger charge is -1.94. The molecule has 0 spiro atoms. The van der Waals surface area contributed by atoms with E-state index in [0.29, 0.717) is 5.69 Å². The van der Waals surface area contributed by atoms with E-state index in [4.69, 9.17) is 5.84 Å². The molecule has 0 saturated heterocycles. The Labute approximate surface area is 63.8 Å². The van der Waals surface area contributed by atoms with Crippen LogP contribution in [0.4, 0.5) is 10.1 Å². The van der Waals surface area contributed by atoms with Crippen molar-refractivity contribution < 1.29 is 4.39 Å². The van der Waals surface area contributed by atoms with Crippen LogP contribution in [0, 0.1) is 5.95 Å². The summed E-state index contributed by atoms with van der Waals surface area (Å²) in [4.78, 5) is 3.34. The maximum atomic E-state index is 12.0. The maximum Gasteiger partial charge on any atom is 0.212 e. The van der Waals surface area contributed by atoms with Crippen molar-refractivity contribution in [2.24, 2.45) is 5.84 Å². The number of nitrogens with two attached hydrogens (primary N) is 1. The summed E-state index contributed by atoms with van der Waals surface area (Å²) in [5, 5.41) is 0. The number of rotatable bonds is 1. The van der Waals surface area contributed by atoms with Crippen LogP contribution < -0.4 is 11.3 Å². The van der Waals surface area contributed by atoms with E-state index in [9.17, 15) is 4.39 Å². The Morgan fingerprint density at radius 1 is 1.50 bits per heavy atom. The molecule has 0 unspecified atom stereocenters. The number of hydrogen-bond donors (Lipinski definition) is 2. The first kappa shape index (κ1) is 9.13. The molecular formula is C5H7ClFN3. The van der Waals surface area contributed by atoms with E-state index in [0.717, 1.165) is 0 Å². The van der Waals surface area contributed by atoms with Crippen LogP contribution >= 0.6 is 12.4 Å². The van der Waals surface area contributed by atoms with E-state index in [2.05, 4.69) is 10.4 Å². The van der Waals surface area contributed by atoms with Gasteiger partial charge in [-0.2, -0.15) is 4.39 Å². The maximum absolute atomic E-state index is 12.0. The van der Waals surface area contributed by atoms with Gasteiger partial charge in [-0.1, -0.05) is 0 Å². The lowest BCUT2D eigenvalue weighted by Crippen LogP contribution is -2.06. The normalized spacial score (nSPS) is 8.20. The minimum Gasteiger partial charge on any atom is -0.323 e. The van der Waals surface area contributed by atoms with E-state index in [1.165, 1.54) is 18.3 Å². The predicted molar refractivity (Wildman–Crippen MR) is 39.3 cm³/mol. The molecule has 1 rings (SSSR count). The second-order valence-corrected chi connectivity index (χ2v) is 1.51. The van der Waals surface area contributed by atoms with Crippen LogP contribution in [-0.2, 0) is 0 Å². The summed E-state index contributed by atoms with van der Waals surface area (Å²) >= 11 is 0. The van der Waals surface area contributed by atoms with Crippen molar-refractivity contribution in [1.82, 2.24) is 4.98 Å². The van der Waals surface area contributed by atoms with Crippen molar-refractivity contribution in [3.05, 3.63) is 24.3 Å². The molecule has 0 atom stereocenters. The quantitative estimate of drug-likeness (QED) is 0.368. The van der Waals surface area contributed by atoms with Crippen molar-refractivity contribution >= 4 is 18.1 Å². The molecule has 0 fully saturated rings. The molecule has 0 aliphatic heterocycles. The fourth-order valence-electron chi connectivity index (χ4n) is 0.461. The highest BCUT2D eigenvalue weighted by Crippen LogP contribution is 2.01. The second-order valence-electron chi connectivity index (χ2n) is 1.51. The molecule has 3 N–H and O–H groups in total. The van der Waals surface area contributed by atoms with Crippen LogP contribution in [0.15, 0.2) is 18.3 Å². The van der Waals surface area contributed by atoms with Gasteiger partial charge in [0.25, 0.3) is 0 Å². The van der Waals surface area contributed by atoms with Crippen molar-refractivity contribution in [2.45, 2.75) is 0 Å². The summed E-state index contributed by atoms with van der Waals surface area (Å²) in [5.41, 5.74) is 2.92. The molecule has 0 aliphatic carbocycles. The molecule has 5 heteroatoms. The zero-order chi connectivity index (χ0) is 6.69. The van der Waals surface area contributed by atoms with Gasteiger partial charge in [0.2, 0.25) is 5.95 Å². The summed E-state index contributed by atoms with van der Waals surface area (Å²) in [6.07, 6.45) is 1.31. The lowest BCUT2D eigenvalue weighted by molar-refractivity contribution is 0.584. The Morgan fingerprint density at radius 2 is 2.20 bits per heavy atom. The molecule has 0 aliphatic rings. The van der Waals surface area contributed by atoms with E-state index in [1.54, 1.807) is 0 Å². The molecule has 0 radical (unpaired) electrons. The average molecular weight is 164 g/mol. The first-order valence-electron chi connectivity index (χ1n) is 2.41. The third kappa shape index (κ3) is 2.16.